The van der Waals surface area contributed by atoms with E-state index >= 15 is 0 Å². The Morgan fingerprint density at radius 1 is 1.57 bits per heavy atom. The van der Waals surface area contributed by atoms with Crippen LogP contribution in [0.4, 0.5) is 0 Å². The van der Waals surface area contributed by atoms with Crippen molar-refractivity contribution < 1.29 is 9.21 Å². The third kappa shape index (κ3) is 1.40. The molecule has 0 aliphatic carbocycles. The van der Waals surface area contributed by atoms with Gasteiger partial charge in [-0.1, -0.05) is 0 Å². The van der Waals surface area contributed by atoms with E-state index in [4.69, 9.17) is 10.2 Å². The van der Waals surface area contributed by atoms with Gasteiger partial charge in [-0.25, -0.2) is 0 Å². The van der Waals surface area contributed by atoms with Crippen molar-refractivity contribution in [2.24, 2.45) is 5.73 Å². The van der Waals surface area contributed by atoms with Gasteiger partial charge in [0.15, 0.2) is 5.78 Å². The van der Waals surface area contributed by atoms with Gasteiger partial charge in [-0.05, 0) is 12.6 Å². The number of nitrogens with zero attached hydrogens (tertiary/aromatic N) is 1. The summed E-state index contributed by atoms with van der Waals surface area (Å²) in [5, 5.41) is 0.756. The number of nitrogens with two attached hydrogens (primary N) is 1. The molecule has 4 nitrogen and oxygen atoms in total. The van der Waals surface area contributed by atoms with Crippen LogP contribution in [-0.4, -0.2) is 17.3 Å². The Morgan fingerprint density at radius 2 is 2.43 bits per heavy atom. The Bertz CT molecular complexity index is 462. The van der Waals surface area contributed by atoms with Gasteiger partial charge in [-0.2, -0.15) is 0 Å². The molecular weight excluding hydrogens is 180 g/mol. The quantitative estimate of drug-likeness (QED) is 0.742. The zero-order valence-corrected chi connectivity index (χ0v) is 7.56. The molecule has 2 aromatic rings. The summed E-state index contributed by atoms with van der Waals surface area (Å²) in [6, 6.07) is 1.73. The molecule has 14 heavy (non-hydrogen) atoms. The molecule has 0 fully saturated rings. The summed E-state index contributed by atoms with van der Waals surface area (Å²) in [6.45, 7) is 0.353. The van der Waals surface area contributed by atoms with Crippen LogP contribution in [0.15, 0.2) is 29.1 Å². The van der Waals surface area contributed by atoms with Crippen LogP contribution in [0.25, 0.3) is 11.0 Å². The molecule has 2 heterocycles. The lowest BCUT2D eigenvalue weighted by Gasteiger charge is -1.93. The van der Waals surface area contributed by atoms with Crippen molar-refractivity contribution in [1.29, 1.82) is 0 Å². The topological polar surface area (TPSA) is 69.1 Å². The van der Waals surface area contributed by atoms with Crippen molar-refractivity contribution >= 4 is 16.8 Å². The second-order valence-electron chi connectivity index (χ2n) is 2.98. The maximum Gasteiger partial charge on any atom is 0.168 e. The first-order valence-corrected chi connectivity index (χ1v) is 4.37. The Kier molecular flexibility index (Phi) is 2.28. The molecule has 0 saturated heterocycles. The molecule has 0 atom stereocenters. The predicted octanol–water partition coefficient (Wildman–Crippen LogP) is 1.36. The Hall–Kier alpha value is -1.68. The van der Waals surface area contributed by atoms with E-state index in [2.05, 4.69) is 4.98 Å². The molecule has 0 saturated carbocycles. The fraction of sp³-hybridized carbons (Fsp3) is 0.200. The lowest BCUT2D eigenvalue weighted by molar-refractivity contribution is 0.0986. The summed E-state index contributed by atoms with van der Waals surface area (Å²) in [7, 11) is 0. The number of rotatable bonds is 3. The van der Waals surface area contributed by atoms with E-state index in [-0.39, 0.29) is 5.78 Å². The van der Waals surface area contributed by atoms with Crippen LogP contribution >= 0.6 is 0 Å². The van der Waals surface area contributed by atoms with Crippen LogP contribution in [0, 0.1) is 0 Å². The van der Waals surface area contributed by atoms with Gasteiger partial charge in [0.2, 0.25) is 0 Å². The molecule has 2 N–H and O–H groups in total. The molecule has 0 unspecified atom stereocenters. The smallest absolute Gasteiger partial charge is 0.168 e. The van der Waals surface area contributed by atoms with Gasteiger partial charge >= 0.3 is 0 Å². The van der Waals surface area contributed by atoms with Crippen LogP contribution in [0.2, 0.25) is 0 Å². The summed E-state index contributed by atoms with van der Waals surface area (Å²) < 4.78 is 5.21. The molecular formula is C10H10N2O2. The minimum Gasteiger partial charge on any atom is -0.463 e. The minimum absolute atomic E-state index is 0.000694. The lowest BCUT2D eigenvalue weighted by Crippen LogP contribution is -2.07. The fourth-order valence-corrected chi connectivity index (χ4v) is 1.35. The van der Waals surface area contributed by atoms with Crippen LogP contribution < -0.4 is 5.73 Å². The van der Waals surface area contributed by atoms with Crippen molar-refractivity contribution in [2.75, 3.05) is 6.54 Å². The van der Waals surface area contributed by atoms with Crippen molar-refractivity contribution in [2.45, 2.75) is 6.42 Å². The lowest BCUT2D eigenvalue weighted by atomic mass is 10.1. The fourth-order valence-electron chi connectivity index (χ4n) is 1.35. The second-order valence-corrected chi connectivity index (χ2v) is 2.98. The van der Waals surface area contributed by atoms with Gasteiger partial charge in [-0.15, -0.1) is 0 Å². The largest absolute Gasteiger partial charge is 0.463 e. The zero-order valence-electron chi connectivity index (χ0n) is 7.56. The SMILES string of the molecule is NCCC(=O)c1coc2ccncc12. The molecule has 0 bridgehead atoms. The van der Waals surface area contributed by atoms with E-state index in [1.807, 2.05) is 0 Å². The number of carbonyl (C=O) groups is 1. The number of hydrogen-bond donors (Lipinski definition) is 1. The average molecular weight is 190 g/mol. The standard InChI is InChI=1S/C10H10N2O2/c11-3-1-9(13)8-6-14-10-2-4-12-5-7(8)10/h2,4-6H,1,3,11H2. The van der Waals surface area contributed by atoms with Crippen LogP contribution in [0.1, 0.15) is 16.8 Å². The van der Waals surface area contributed by atoms with Gasteiger partial charge in [0.1, 0.15) is 11.8 Å². The maximum absolute atomic E-state index is 11.6. The molecule has 0 aromatic carbocycles. The van der Waals surface area contributed by atoms with Crippen molar-refractivity contribution in [3.05, 3.63) is 30.3 Å². The van der Waals surface area contributed by atoms with Crippen molar-refractivity contribution in [1.82, 2.24) is 4.98 Å². The highest BCUT2D eigenvalue weighted by atomic mass is 16.3. The number of aromatic nitrogens is 1. The molecule has 0 spiro atoms. The normalized spacial score (nSPS) is 10.6. The third-order valence-electron chi connectivity index (χ3n) is 2.05. The van der Waals surface area contributed by atoms with Gasteiger partial charge < -0.3 is 10.2 Å². The molecule has 0 aliphatic heterocycles. The molecule has 0 aliphatic rings. The Labute approximate surface area is 80.7 Å². The number of ketones is 1. The van der Waals surface area contributed by atoms with E-state index in [0.717, 1.165) is 5.39 Å². The molecule has 0 radical (unpaired) electrons. The summed E-state index contributed by atoms with van der Waals surface area (Å²) in [4.78, 5) is 15.5. The Morgan fingerprint density at radius 3 is 3.21 bits per heavy atom. The third-order valence-corrected chi connectivity index (χ3v) is 2.05. The number of furan rings is 1. The van der Waals surface area contributed by atoms with E-state index < -0.39 is 0 Å². The first-order chi connectivity index (χ1) is 6.83. The number of pyridine rings is 1. The molecule has 4 heteroatoms. The van der Waals surface area contributed by atoms with Gasteiger partial charge in [0.25, 0.3) is 0 Å². The van der Waals surface area contributed by atoms with Gasteiger partial charge in [0, 0.05) is 24.2 Å². The molecule has 0 amide bonds. The highest BCUT2D eigenvalue weighted by Gasteiger charge is 2.12. The first kappa shape index (κ1) is 8.90. The van der Waals surface area contributed by atoms with Crippen LogP contribution in [0.5, 0.6) is 0 Å². The summed E-state index contributed by atoms with van der Waals surface area (Å²) >= 11 is 0. The minimum atomic E-state index is -0.000694. The highest BCUT2D eigenvalue weighted by Crippen LogP contribution is 2.20. The zero-order chi connectivity index (χ0) is 9.97. The average Bonchev–Trinajstić information content (AvgIpc) is 2.61. The summed E-state index contributed by atoms with van der Waals surface area (Å²) in [6.07, 6.45) is 5.06. The number of Topliss-reactive ketones (excluding diaryl/α,β-unsaturated/α-hetero) is 1. The number of fused-ring (bicyclic) bond motifs is 1. The Balaban J connectivity index is 2.47. The van der Waals surface area contributed by atoms with Crippen molar-refractivity contribution in [3.63, 3.8) is 0 Å². The van der Waals surface area contributed by atoms with Crippen LogP contribution in [-0.2, 0) is 0 Å². The number of carbonyl (C=O) groups excluding carboxylic acids is 1. The monoisotopic (exact) mass is 190 g/mol. The first-order valence-electron chi connectivity index (χ1n) is 4.37. The van der Waals surface area contributed by atoms with E-state index in [1.165, 1.54) is 6.26 Å². The highest BCUT2D eigenvalue weighted by molar-refractivity contribution is 6.06. The summed E-state index contributed by atoms with van der Waals surface area (Å²) in [5.41, 5.74) is 6.56. The molecule has 2 aromatic heterocycles. The second kappa shape index (κ2) is 3.59. The van der Waals surface area contributed by atoms with E-state index in [1.54, 1.807) is 18.5 Å². The van der Waals surface area contributed by atoms with Crippen molar-refractivity contribution in [3.8, 4) is 0 Å². The molecule has 72 valence electrons. The summed E-state index contributed by atoms with van der Waals surface area (Å²) in [5.74, 6) is -0.000694. The van der Waals surface area contributed by atoms with E-state index in [9.17, 15) is 4.79 Å². The van der Waals surface area contributed by atoms with Gasteiger partial charge in [0.05, 0.1) is 5.56 Å². The maximum atomic E-state index is 11.6. The van der Waals surface area contributed by atoms with E-state index in [0.29, 0.717) is 24.1 Å². The van der Waals surface area contributed by atoms with Gasteiger partial charge in [-0.3, -0.25) is 9.78 Å². The predicted molar refractivity (Wildman–Crippen MR) is 52.0 cm³/mol. The number of hydrogen-bond acceptors (Lipinski definition) is 4. The van der Waals surface area contributed by atoms with Crippen LogP contribution in [0.3, 0.4) is 0 Å². The molecule has 2 rings (SSSR count).